The SMILES string of the molecule is CC(CO)N(C)CC1CCCC(C)(C)C1=O. The van der Waals surface area contributed by atoms with E-state index in [-0.39, 0.29) is 24.0 Å². The Labute approximate surface area is 98.8 Å². The monoisotopic (exact) mass is 227 g/mol. The summed E-state index contributed by atoms with van der Waals surface area (Å²) in [6.07, 6.45) is 3.16. The first kappa shape index (κ1) is 13.7. The lowest BCUT2D eigenvalue weighted by atomic mass is 9.71. The van der Waals surface area contributed by atoms with Crippen LogP contribution < -0.4 is 0 Å². The van der Waals surface area contributed by atoms with Crippen LogP contribution in [0.4, 0.5) is 0 Å². The van der Waals surface area contributed by atoms with E-state index in [2.05, 4.69) is 18.7 Å². The van der Waals surface area contributed by atoms with Gasteiger partial charge in [-0.05, 0) is 26.8 Å². The largest absolute Gasteiger partial charge is 0.395 e. The van der Waals surface area contributed by atoms with Crippen molar-refractivity contribution in [2.75, 3.05) is 20.2 Å². The fraction of sp³-hybridized carbons (Fsp3) is 0.923. The number of nitrogens with zero attached hydrogens (tertiary/aromatic N) is 1. The summed E-state index contributed by atoms with van der Waals surface area (Å²) >= 11 is 0. The molecule has 0 aromatic rings. The molecule has 2 atom stereocenters. The van der Waals surface area contributed by atoms with E-state index < -0.39 is 0 Å². The van der Waals surface area contributed by atoms with Crippen molar-refractivity contribution in [2.24, 2.45) is 11.3 Å². The third-order valence-corrected chi connectivity index (χ3v) is 3.92. The lowest BCUT2D eigenvalue weighted by Crippen LogP contribution is -2.43. The minimum atomic E-state index is -0.147. The van der Waals surface area contributed by atoms with Gasteiger partial charge in [0.15, 0.2) is 0 Å². The summed E-state index contributed by atoms with van der Waals surface area (Å²) in [5.41, 5.74) is -0.147. The maximum absolute atomic E-state index is 12.2. The van der Waals surface area contributed by atoms with Crippen molar-refractivity contribution in [3.8, 4) is 0 Å². The number of hydrogen-bond donors (Lipinski definition) is 1. The predicted octanol–water partition coefficient (Wildman–Crippen LogP) is 1.69. The van der Waals surface area contributed by atoms with Crippen molar-refractivity contribution in [1.82, 2.24) is 4.90 Å². The molecule has 3 nitrogen and oxygen atoms in total. The quantitative estimate of drug-likeness (QED) is 0.794. The van der Waals surface area contributed by atoms with Crippen LogP contribution in [0, 0.1) is 11.3 Å². The number of carbonyl (C=O) groups is 1. The van der Waals surface area contributed by atoms with Gasteiger partial charge in [-0.25, -0.2) is 0 Å². The van der Waals surface area contributed by atoms with Crippen molar-refractivity contribution in [3.63, 3.8) is 0 Å². The topological polar surface area (TPSA) is 40.5 Å². The van der Waals surface area contributed by atoms with Gasteiger partial charge in [-0.2, -0.15) is 0 Å². The van der Waals surface area contributed by atoms with Gasteiger partial charge < -0.3 is 10.0 Å². The standard InChI is InChI=1S/C13H25NO2/c1-10(9-15)14(4)8-11-6-5-7-13(2,3)12(11)16/h10-11,15H,5-9H2,1-4H3. The average Bonchev–Trinajstić information content (AvgIpc) is 2.23. The molecule has 1 fully saturated rings. The Morgan fingerprint density at radius 3 is 2.75 bits per heavy atom. The van der Waals surface area contributed by atoms with Crippen LogP contribution in [0.2, 0.25) is 0 Å². The van der Waals surface area contributed by atoms with E-state index in [9.17, 15) is 4.79 Å². The fourth-order valence-electron chi connectivity index (χ4n) is 2.44. The minimum Gasteiger partial charge on any atom is -0.395 e. The summed E-state index contributed by atoms with van der Waals surface area (Å²) in [4.78, 5) is 14.3. The second kappa shape index (κ2) is 5.28. The van der Waals surface area contributed by atoms with E-state index >= 15 is 0 Å². The lowest BCUT2D eigenvalue weighted by molar-refractivity contribution is -0.135. The van der Waals surface area contributed by atoms with Crippen molar-refractivity contribution in [2.45, 2.75) is 46.1 Å². The van der Waals surface area contributed by atoms with Gasteiger partial charge in [0, 0.05) is 23.9 Å². The van der Waals surface area contributed by atoms with Crippen LogP contribution in [0.15, 0.2) is 0 Å². The lowest BCUT2D eigenvalue weighted by Gasteiger charge is -2.36. The molecule has 94 valence electrons. The Hall–Kier alpha value is -0.410. The van der Waals surface area contributed by atoms with Crippen LogP contribution in [-0.4, -0.2) is 42.0 Å². The highest BCUT2D eigenvalue weighted by atomic mass is 16.3. The molecule has 0 aromatic carbocycles. The van der Waals surface area contributed by atoms with Crippen molar-refractivity contribution >= 4 is 5.78 Å². The average molecular weight is 227 g/mol. The molecule has 1 saturated carbocycles. The number of ketones is 1. The summed E-state index contributed by atoms with van der Waals surface area (Å²) in [6, 6.07) is 0.137. The Morgan fingerprint density at radius 1 is 1.56 bits per heavy atom. The number of Topliss-reactive ketones (excluding diaryl/α,β-unsaturated/α-hetero) is 1. The van der Waals surface area contributed by atoms with Gasteiger partial charge in [-0.3, -0.25) is 4.79 Å². The molecular formula is C13H25NO2. The first-order chi connectivity index (χ1) is 7.38. The molecule has 16 heavy (non-hydrogen) atoms. The summed E-state index contributed by atoms with van der Waals surface area (Å²) in [5, 5.41) is 9.08. The first-order valence-electron chi connectivity index (χ1n) is 6.24. The van der Waals surface area contributed by atoms with E-state index in [4.69, 9.17) is 5.11 Å². The molecule has 0 spiro atoms. The van der Waals surface area contributed by atoms with E-state index in [1.165, 1.54) is 0 Å². The minimum absolute atomic E-state index is 0.137. The van der Waals surface area contributed by atoms with Crippen LogP contribution in [0.3, 0.4) is 0 Å². The maximum Gasteiger partial charge on any atom is 0.142 e. The molecular weight excluding hydrogens is 202 g/mol. The first-order valence-corrected chi connectivity index (χ1v) is 6.24. The molecule has 1 rings (SSSR count). The molecule has 0 radical (unpaired) electrons. The number of aliphatic hydroxyl groups is 1. The van der Waals surface area contributed by atoms with Crippen LogP contribution in [0.1, 0.15) is 40.0 Å². The molecule has 0 aliphatic heterocycles. The van der Waals surface area contributed by atoms with E-state index in [0.29, 0.717) is 5.78 Å². The maximum atomic E-state index is 12.2. The molecule has 0 heterocycles. The molecule has 1 aliphatic rings. The van der Waals surface area contributed by atoms with E-state index in [1.807, 2.05) is 14.0 Å². The fourth-order valence-corrected chi connectivity index (χ4v) is 2.44. The zero-order valence-electron chi connectivity index (χ0n) is 11.0. The van der Waals surface area contributed by atoms with Crippen LogP contribution in [-0.2, 0) is 4.79 Å². The third-order valence-electron chi connectivity index (χ3n) is 3.92. The van der Waals surface area contributed by atoms with E-state index in [1.54, 1.807) is 0 Å². The number of likely N-dealkylation sites (N-methyl/N-ethyl adjacent to an activating group) is 1. The van der Waals surface area contributed by atoms with Gasteiger partial charge in [0.05, 0.1) is 6.61 Å². The molecule has 0 aromatic heterocycles. The molecule has 0 amide bonds. The van der Waals surface area contributed by atoms with Crippen molar-refractivity contribution < 1.29 is 9.90 Å². The number of carbonyl (C=O) groups excluding carboxylic acids is 1. The summed E-state index contributed by atoms with van der Waals surface area (Å²) in [6.45, 7) is 7.02. The molecule has 1 N–H and O–H groups in total. The predicted molar refractivity (Wildman–Crippen MR) is 65.3 cm³/mol. The molecule has 1 aliphatic carbocycles. The van der Waals surface area contributed by atoms with Gasteiger partial charge in [0.1, 0.15) is 5.78 Å². The summed E-state index contributed by atoms with van der Waals surface area (Å²) in [5.74, 6) is 0.554. The van der Waals surface area contributed by atoms with Crippen LogP contribution in [0.25, 0.3) is 0 Å². The molecule has 2 unspecified atom stereocenters. The number of rotatable bonds is 4. The number of hydrogen-bond acceptors (Lipinski definition) is 3. The highest BCUT2D eigenvalue weighted by molar-refractivity contribution is 5.87. The van der Waals surface area contributed by atoms with Crippen molar-refractivity contribution in [1.29, 1.82) is 0 Å². The molecule has 0 bridgehead atoms. The van der Waals surface area contributed by atoms with Crippen LogP contribution >= 0.6 is 0 Å². The highest BCUT2D eigenvalue weighted by Crippen LogP contribution is 2.35. The second-order valence-electron chi connectivity index (χ2n) is 5.81. The highest BCUT2D eigenvalue weighted by Gasteiger charge is 2.37. The van der Waals surface area contributed by atoms with Gasteiger partial charge in [0.25, 0.3) is 0 Å². The van der Waals surface area contributed by atoms with Gasteiger partial charge >= 0.3 is 0 Å². The van der Waals surface area contributed by atoms with Gasteiger partial charge in [-0.15, -0.1) is 0 Å². The Kier molecular flexibility index (Phi) is 4.51. The smallest absolute Gasteiger partial charge is 0.142 e. The zero-order valence-corrected chi connectivity index (χ0v) is 11.0. The normalized spacial score (nSPS) is 27.1. The second-order valence-corrected chi connectivity index (χ2v) is 5.81. The van der Waals surface area contributed by atoms with Gasteiger partial charge in [-0.1, -0.05) is 20.3 Å². The van der Waals surface area contributed by atoms with Crippen LogP contribution in [0.5, 0.6) is 0 Å². The summed E-state index contributed by atoms with van der Waals surface area (Å²) < 4.78 is 0. The summed E-state index contributed by atoms with van der Waals surface area (Å²) in [7, 11) is 1.98. The Bertz CT molecular complexity index is 250. The molecule has 0 saturated heterocycles. The Morgan fingerprint density at radius 2 is 2.19 bits per heavy atom. The van der Waals surface area contributed by atoms with Gasteiger partial charge in [0.2, 0.25) is 0 Å². The molecule has 3 heteroatoms. The third kappa shape index (κ3) is 3.05. The van der Waals surface area contributed by atoms with Crippen molar-refractivity contribution in [3.05, 3.63) is 0 Å². The Balaban J connectivity index is 2.57. The zero-order chi connectivity index (χ0) is 12.3. The van der Waals surface area contributed by atoms with E-state index in [0.717, 1.165) is 25.8 Å². The number of aliphatic hydroxyl groups excluding tert-OH is 1.